The molecule has 0 unspecified atom stereocenters. The zero-order chi connectivity index (χ0) is 10.9. The topological polar surface area (TPSA) is 58.4 Å². The highest BCUT2D eigenvalue weighted by Gasteiger charge is 2.09. The van der Waals surface area contributed by atoms with Crippen molar-refractivity contribution in [3.63, 3.8) is 0 Å². The average Bonchev–Trinajstić information content (AvgIpc) is 2.68. The predicted octanol–water partition coefficient (Wildman–Crippen LogP) is 0.327. The van der Waals surface area contributed by atoms with Crippen LogP contribution in [0.4, 0.5) is 0 Å². The van der Waals surface area contributed by atoms with Crippen molar-refractivity contribution in [3.05, 3.63) is 0 Å². The molecule has 3 N–H and O–H groups in total. The van der Waals surface area contributed by atoms with Gasteiger partial charge in [-0.3, -0.25) is 4.79 Å². The van der Waals surface area contributed by atoms with Gasteiger partial charge >= 0.3 is 0 Å². The number of nitrogens with one attached hydrogen (secondary N) is 1. The van der Waals surface area contributed by atoms with E-state index in [0.717, 1.165) is 32.5 Å². The van der Waals surface area contributed by atoms with Crippen LogP contribution in [0.3, 0.4) is 0 Å². The molecule has 1 aliphatic heterocycles. The fourth-order valence-corrected chi connectivity index (χ4v) is 1.92. The van der Waals surface area contributed by atoms with Crippen LogP contribution in [-0.2, 0) is 4.79 Å². The Morgan fingerprint density at radius 2 is 1.93 bits per heavy atom. The maximum absolute atomic E-state index is 10.5. The SMILES string of the molecule is NC(=O)CCCCNCCN1CCCC1. The van der Waals surface area contributed by atoms with E-state index >= 15 is 0 Å². The summed E-state index contributed by atoms with van der Waals surface area (Å²) in [6, 6.07) is 0. The lowest BCUT2D eigenvalue weighted by molar-refractivity contribution is -0.118. The Kier molecular flexibility index (Phi) is 6.36. The highest BCUT2D eigenvalue weighted by Crippen LogP contribution is 2.05. The number of primary amides is 1. The van der Waals surface area contributed by atoms with Gasteiger partial charge in [-0.15, -0.1) is 0 Å². The Hall–Kier alpha value is -0.610. The molecule has 1 amide bonds. The number of amides is 1. The van der Waals surface area contributed by atoms with Crippen LogP contribution < -0.4 is 11.1 Å². The van der Waals surface area contributed by atoms with E-state index in [-0.39, 0.29) is 5.91 Å². The second-order valence-corrected chi connectivity index (χ2v) is 4.22. The van der Waals surface area contributed by atoms with Crippen LogP contribution in [0.15, 0.2) is 0 Å². The summed E-state index contributed by atoms with van der Waals surface area (Å²) in [4.78, 5) is 13.0. The molecule has 15 heavy (non-hydrogen) atoms. The van der Waals surface area contributed by atoms with Gasteiger partial charge in [0.25, 0.3) is 0 Å². The van der Waals surface area contributed by atoms with Crippen molar-refractivity contribution in [2.24, 2.45) is 5.73 Å². The molecule has 0 aliphatic carbocycles. The van der Waals surface area contributed by atoms with E-state index in [2.05, 4.69) is 10.2 Å². The number of rotatable bonds is 8. The largest absolute Gasteiger partial charge is 0.370 e. The number of unbranched alkanes of at least 4 members (excludes halogenated alkanes) is 1. The van der Waals surface area contributed by atoms with Crippen LogP contribution in [-0.4, -0.2) is 43.5 Å². The summed E-state index contributed by atoms with van der Waals surface area (Å²) in [6.07, 6.45) is 5.19. The van der Waals surface area contributed by atoms with Crippen molar-refractivity contribution in [3.8, 4) is 0 Å². The van der Waals surface area contributed by atoms with E-state index < -0.39 is 0 Å². The number of nitrogens with zero attached hydrogens (tertiary/aromatic N) is 1. The van der Waals surface area contributed by atoms with Crippen LogP contribution in [0, 0.1) is 0 Å². The van der Waals surface area contributed by atoms with Gasteiger partial charge in [0.2, 0.25) is 5.91 Å². The first-order valence-electron chi connectivity index (χ1n) is 6.00. The molecule has 1 heterocycles. The molecule has 1 aliphatic rings. The molecule has 0 aromatic heterocycles. The Morgan fingerprint density at radius 3 is 2.60 bits per heavy atom. The molecule has 0 aromatic rings. The maximum Gasteiger partial charge on any atom is 0.217 e. The number of carbonyl (C=O) groups excluding carboxylic acids is 1. The van der Waals surface area contributed by atoms with E-state index in [1.807, 2.05) is 0 Å². The lowest BCUT2D eigenvalue weighted by Crippen LogP contribution is -2.30. The van der Waals surface area contributed by atoms with Gasteiger partial charge in [-0.05, 0) is 45.3 Å². The van der Waals surface area contributed by atoms with Gasteiger partial charge in [-0.25, -0.2) is 0 Å². The van der Waals surface area contributed by atoms with Gasteiger partial charge in [-0.2, -0.15) is 0 Å². The van der Waals surface area contributed by atoms with Crippen molar-refractivity contribution in [2.45, 2.75) is 32.1 Å². The van der Waals surface area contributed by atoms with E-state index in [0.29, 0.717) is 6.42 Å². The van der Waals surface area contributed by atoms with Crippen molar-refractivity contribution >= 4 is 5.91 Å². The monoisotopic (exact) mass is 213 g/mol. The summed E-state index contributed by atoms with van der Waals surface area (Å²) in [6.45, 7) is 5.76. The number of nitrogens with two attached hydrogens (primary N) is 1. The molecule has 1 fully saturated rings. The third kappa shape index (κ3) is 6.47. The standard InChI is InChI=1S/C11H23N3O/c12-11(15)5-1-2-6-13-7-10-14-8-3-4-9-14/h13H,1-10H2,(H2,12,15). The van der Waals surface area contributed by atoms with E-state index in [1.54, 1.807) is 0 Å². The van der Waals surface area contributed by atoms with Crippen molar-refractivity contribution in [1.29, 1.82) is 0 Å². The molecule has 1 saturated heterocycles. The fraction of sp³-hybridized carbons (Fsp3) is 0.909. The Bertz CT molecular complexity index is 179. The predicted molar refractivity (Wildman–Crippen MR) is 61.6 cm³/mol. The highest BCUT2D eigenvalue weighted by molar-refractivity contribution is 5.73. The summed E-state index contributed by atoms with van der Waals surface area (Å²) in [7, 11) is 0. The molecule has 0 spiro atoms. The third-order valence-electron chi connectivity index (χ3n) is 2.83. The molecule has 88 valence electrons. The summed E-state index contributed by atoms with van der Waals surface area (Å²) in [5.74, 6) is -0.188. The van der Waals surface area contributed by atoms with E-state index in [4.69, 9.17) is 5.73 Å². The van der Waals surface area contributed by atoms with E-state index in [1.165, 1.54) is 25.9 Å². The smallest absolute Gasteiger partial charge is 0.217 e. The second-order valence-electron chi connectivity index (χ2n) is 4.22. The van der Waals surface area contributed by atoms with Gasteiger partial charge in [0.1, 0.15) is 0 Å². The molecule has 4 heteroatoms. The Morgan fingerprint density at radius 1 is 1.20 bits per heavy atom. The molecule has 0 saturated carbocycles. The molecular weight excluding hydrogens is 190 g/mol. The summed E-state index contributed by atoms with van der Waals surface area (Å²) >= 11 is 0. The van der Waals surface area contributed by atoms with Gasteiger partial charge in [0.15, 0.2) is 0 Å². The van der Waals surface area contributed by atoms with Crippen LogP contribution in [0.1, 0.15) is 32.1 Å². The van der Waals surface area contributed by atoms with Crippen molar-refractivity contribution < 1.29 is 4.79 Å². The molecule has 0 aromatic carbocycles. The average molecular weight is 213 g/mol. The van der Waals surface area contributed by atoms with Gasteiger partial charge < -0.3 is 16.0 Å². The van der Waals surface area contributed by atoms with Crippen molar-refractivity contribution in [2.75, 3.05) is 32.7 Å². The summed E-state index contributed by atoms with van der Waals surface area (Å²) in [5, 5.41) is 3.39. The lowest BCUT2D eigenvalue weighted by Gasteiger charge is -2.14. The first kappa shape index (κ1) is 12.5. The molecule has 0 radical (unpaired) electrons. The third-order valence-corrected chi connectivity index (χ3v) is 2.83. The summed E-state index contributed by atoms with van der Waals surface area (Å²) in [5.41, 5.74) is 5.05. The Balaban J connectivity index is 1.78. The molecule has 0 atom stereocenters. The minimum absolute atomic E-state index is 0.188. The minimum Gasteiger partial charge on any atom is -0.370 e. The number of hydrogen-bond acceptors (Lipinski definition) is 3. The molecular formula is C11H23N3O. The molecule has 1 rings (SSSR count). The quantitative estimate of drug-likeness (QED) is 0.571. The maximum atomic E-state index is 10.5. The molecule has 4 nitrogen and oxygen atoms in total. The van der Waals surface area contributed by atoms with E-state index in [9.17, 15) is 4.79 Å². The minimum atomic E-state index is -0.188. The van der Waals surface area contributed by atoms with Crippen LogP contribution in [0.5, 0.6) is 0 Å². The number of hydrogen-bond donors (Lipinski definition) is 2. The normalized spacial score (nSPS) is 17.1. The Labute approximate surface area is 92.2 Å². The van der Waals surface area contributed by atoms with Gasteiger partial charge in [0, 0.05) is 19.5 Å². The van der Waals surface area contributed by atoms with Gasteiger partial charge in [-0.1, -0.05) is 0 Å². The zero-order valence-electron chi connectivity index (χ0n) is 9.50. The van der Waals surface area contributed by atoms with Gasteiger partial charge in [0.05, 0.1) is 0 Å². The first-order valence-corrected chi connectivity index (χ1v) is 6.00. The number of likely N-dealkylation sites (tertiary alicyclic amines) is 1. The van der Waals surface area contributed by atoms with Crippen LogP contribution in [0.2, 0.25) is 0 Å². The fourth-order valence-electron chi connectivity index (χ4n) is 1.92. The first-order chi connectivity index (χ1) is 7.29. The summed E-state index contributed by atoms with van der Waals surface area (Å²) < 4.78 is 0. The lowest BCUT2D eigenvalue weighted by atomic mass is 10.2. The van der Waals surface area contributed by atoms with Crippen LogP contribution >= 0.6 is 0 Å². The molecule has 0 bridgehead atoms. The van der Waals surface area contributed by atoms with Crippen molar-refractivity contribution in [1.82, 2.24) is 10.2 Å². The zero-order valence-corrected chi connectivity index (χ0v) is 9.50. The van der Waals surface area contributed by atoms with Crippen LogP contribution in [0.25, 0.3) is 0 Å². The number of carbonyl (C=O) groups is 1. The highest BCUT2D eigenvalue weighted by atomic mass is 16.1. The second kappa shape index (κ2) is 7.65.